The molecule has 0 atom stereocenters. The summed E-state index contributed by atoms with van der Waals surface area (Å²) in [6.45, 7) is 4.26. The molecule has 0 unspecified atom stereocenters. The highest BCUT2D eigenvalue weighted by molar-refractivity contribution is 9.10. The second kappa shape index (κ2) is 6.00. The molecule has 3 nitrogen and oxygen atoms in total. The van der Waals surface area contributed by atoms with Crippen LogP contribution in [-0.2, 0) is 6.54 Å². The van der Waals surface area contributed by atoms with Gasteiger partial charge in [0.2, 0.25) is 0 Å². The zero-order valence-electron chi connectivity index (χ0n) is 11.9. The Hall–Kier alpha value is -1.65. The van der Waals surface area contributed by atoms with Crippen molar-refractivity contribution in [3.8, 4) is 0 Å². The number of para-hydroxylation sites is 1. The Morgan fingerprint density at radius 3 is 2.90 bits per heavy atom. The van der Waals surface area contributed by atoms with Gasteiger partial charge in [0.05, 0.1) is 0 Å². The summed E-state index contributed by atoms with van der Waals surface area (Å²) in [5.41, 5.74) is 3.92. The van der Waals surface area contributed by atoms with Gasteiger partial charge < -0.3 is 10.2 Å². The van der Waals surface area contributed by atoms with Crippen molar-refractivity contribution in [2.24, 2.45) is 0 Å². The molecular formula is C17H17BrN2O. The monoisotopic (exact) mass is 344 g/mol. The fourth-order valence-electron chi connectivity index (χ4n) is 2.64. The number of rotatable bonds is 1. The highest BCUT2D eigenvalue weighted by Crippen LogP contribution is 2.25. The minimum atomic E-state index is 0.0601. The Morgan fingerprint density at radius 2 is 2.05 bits per heavy atom. The summed E-state index contributed by atoms with van der Waals surface area (Å²) < 4.78 is 0.928. The van der Waals surface area contributed by atoms with E-state index in [9.17, 15) is 4.79 Å². The lowest BCUT2D eigenvalue weighted by Gasteiger charge is -2.23. The number of halogens is 1. The molecule has 108 valence electrons. The number of anilines is 1. The van der Waals surface area contributed by atoms with E-state index in [0.717, 1.165) is 39.9 Å². The summed E-state index contributed by atoms with van der Waals surface area (Å²) >= 11 is 3.45. The first kappa shape index (κ1) is 14.3. The third-order valence-corrected chi connectivity index (χ3v) is 4.28. The Morgan fingerprint density at radius 1 is 1.24 bits per heavy atom. The first-order valence-corrected chi connectivity index (χ1v) is 7.83. The molecule has 0 radical (unpaired) electrons. The lowest BCUT2D eigenvalue weighted by molar-refractivity contribution is 0.0987. The smallest absolute Gasteiger partial charge is 0.258 e. The SMILES string of the molecule is Cc1ccc(Br)cc1C(=O)N1CCNCc2ccccc21. The van der Waals surface area contributed by atoms with Gasteiger partial charge in [0.25, 0.3) is 5.91 Å². The number of aryl methyl sites for hydroxylation is 1. The molecule has 0 bridgehead atoms. The van der Waals surface area contributed by atoms with Gasteiger partial charge in [-0.1, -0.05) is 40.2 Å². The minimum absolute atomic E-state index is 0.0601. The molecule has 1 aliphatic heterocycles. The van der Waals surface area contributed by atoms with Crippen LogP contribution in [0.5, 0.6) is 0 Å². The Bertz CT molecular complexity index is 684. The summed E-state index contributed by atoms with van der Waals surface area (Å²) in [6.07, 6.45) is 0. The Kier molecular flexibility index (Phi) is 4.08. The topological polar surface area (TPSA) is 32.3 Å². The van der Waals surface area contributed by atoms with Crippen LogP contribution in [-0.4, -0.2) is 19.0 Å². The third-order valence-electron chi connectivity index (χ3n) is 3.79. The molecule has 4 heteroatoms. The van der Waals surface area contributed by atoms with Gasteiger partial charge in [0.15, 0.2) is 0 Å². The van der Waals surface area contributed by atoms with Crippen LogP contribution in [0.25, 0.3) is 0 Å². The Labute approximate surface area is 133 Å². The lowest BCUT2D eigenvalue weighted by Crippen LogP contribution is -2.35. The fourth-order valence-corrected chi connectivity index (χ4v) is 3.00. The quantitative estimate of drug-likeness (QED) is 0.858. The average molecular weight is 345 g/mol. The second-order valence-electron chi connectivity index (χ2n) is 5.22. The largest absolute Gasteiger partial charge is 0.311 e. The third kappa shape index (κ3) is 2.87. The zero-order valence-corrected chi connectivity index (χ0v) is 13.5. The van der Waals surface area contributed by atoms with Crippen molar-refractivity contribution in [2.75, 3.05) is 18.0 Å². The lowest BCUT2D eigenvalue weighted by atomic mass is 10.1. The summed E-state index contributed by atoms with van der Waals surface area (Å²) in [5, 5.41) is 3.36. The molecule has 0 fully saturated rings. The van der Waals surface area contributed by atoms with Crippen LogP contribution in [0.1, 0.15) is 21.5 Å². The van der Waals surface area contributed by atoms with Crippen LogP contribution in [0.3, 0.4) is 0 Å². The summed E-state index contributed by atoms with van der Waals surface area (Å²) in [4.78, 5) is 14.8. The van der Waals surface area contributed by atoms with E-state index in [1.807, 2.05) is 48.2 Å². The molecule has 3 rings (SSSR count). The van der Waals surface area contributed by atoms with Gasteiger partial charge in [-0.3, -0.25) is 4.79 Å². The minimum Gasteiger partial charge on any atom is -0.311 e. The van der Waals surface area contributed by atoms with Crippen molar-refractivity contribution in [3.05, 3.63) is 63.6 Å². The van der Waals surface area contributed by atoms with Crippen molar-refractivity contribution >= 4 is 27.5 Å². The van der Waals surface area contributed by atoms with Crippen molar-refractivity contribution in [1.29, 1.82) is 0 Å². The molecule has 0 aliphatic carbocycles. The molecule has 1 N–H and O–H groups in total. The van der Waals surface area contributed by atoms with E-state index in [4.69, 9.17) is 0 Å². The average Bonchev–Trinajstić information content (AvgIpc) is 2.71. The van der Waals surface area contributed by atoms with Crippen LogP contribution in [0.15, 0.2) is 46.9 Å². The maximum Gasteiger partial charge on any atom is 0.258 e. The number of nitrogens with one attached hydrogen (secondary N) is 1. The van der Waals surface area contributed by atoms with E-state index in [1.165, 1.54) is 0 Å². The van der Waals surface area contributed by atoms with Gasteiger partial charge in [-0.15, -0.1) is 0 Å². The van der Waals surface area contributed by atoms with E-state index in [1.54, 1.807) is 0 Å². The zero-order chi connectivity index (χ0) is 14.8. The van der Waals surface area contributed by atoms with Gasteiger partial charge >= 0.3 is 0 Å². The number of hydrogen-bond acceptors (Lipinski definition) is 2. The predicted octanol–water partition coefficient (Wildman–Crippen LogP) is 3.51. The van der Waals surface area contributed by atoms with Gasteiger partial charge in [0.1, 0.15) is 0 Å². The van der Waals surface area contributed by atoms with Gasteiger partial charge in [-0.2, -0.15) is 0 Å². The first-order chi connectivity index (χ1) is 10.2. The number of carbonyl (C=O) groups is 1. The molecule has 1 aliphatic rings. The maximum absolute atomic E-state index is 13.0. The molecule has 1 amide bonds. The van der Waals surface area contributed by atoms with Crippen LogP contribution >= 0.6 is 15.9 Å². The standard InChI is InChI=1S/C17H17BrN2O/c1-12-6-7-14(18)10-15(12)17(21)20-9-8-19-11-13-4-2-3-5-16(13)20/h2-7,10,19H,8-9,11H2,1H3. The summed E-state index contributed by atoms with van der Waals surface area (Å²) in [7, 11) is 0. The fraction of sp³-hybridized carbons (Fsp3) is 0.235. The van der Waals surface area contributed by atoms with Gasteiger partial charge in [0, 0.05) is 35.4 Å². The van der Waals surface area contributed by atoms with Crippen molar-refractivity contribution in [2.45, 2.75) is 13.5 Å². The second-order valence-corrected chi connectivity index (χ2v) is 6.14. The molecule has 2 aromatic rings. The molecule has 0 spiro atoms. The molecule has 2 aromatic carbocycles. The molecule has 1 heterocycles. The van der Waals surface area contributed by atoms with E-state index < -0.39 is 0 Å². The van der Waals surface area contributed by atoms with Crippen LogP contribution in [0.4, 0.5) is 5.69 Å². The summed E-state index contributed by atoms with van der Waals surface area (Å²) in [6, 6.07) is 13.9. The molecule has 21 heavy (non-hydrogen) atoms. The number of amides is 1. The Balaban J connectivity index is 2.03. The number of fused-ring (bicyclic) bond motifs is 1. The molecular weight excluding hydrogens is 328 g/mol. The first-order valence-electron chi connectivity index (χ1n) is 7.03. The number of carbonyl (C=O) groups excluding carboxylic acids is 1. The highest BCUT2D eigenvalue weighted by Gasteiger charge is 2.23. The van der Waals surface area contributed by atoms with Gasteiger partial charge in [-0.05, 0) is 36.2 Å². The summed E-state index contributed by atoms with van der Waals surface area (Å²) in [5.74, 6) is 0.0601. The number of nitrogens with zero attached hydrogens (tertiary/aromatic N) is 1. The molecule has 0 saturated carbocycles. The van der Waals surface area contributed by atoms with E-state index in [0.29, 0.717) is 6.54 Å². The highest BCUT2D eigenvalue weighted by atomic mass is 79.9. The van der Waals surface area contributed by atoms with Crippen molar-refractivity contribution < 1.29 is 4.79 Å². The van der Waals surface area contributed by atoms with Crippen molar-refractivity contribution in [3.63, 3.8) is 0 Å². The molecule has 0 aromatic heterocycles. The normalized spacial score (nSPS) is 14.5. The van der Waals surface area contributed by atoms with Gasteiger partial charge in [-0.25, -0.2) is 0 Å². The number of benzene rings is 2. The van der Waals surface area contributed by atoms with Crippen LogP contribution in [0, 0.1) is 6.92 Å². The molecule has 0 saturated heterocycles. The van der Waals surface area contributed by atoms with Crippen molar-refractivity contribution in [1.82, 2.24) is 5.32 Å². The maximum atomic E-state index is 13.0. The van der Waals surface area contributed by atoms with E-state index >= 15 is 0 Å². The predicted molar refractivity (Wildman–Crippen MR) is 88.7 cm³/mol. The van der Waals surface area contributed by atoms with E-state index in [-0.39, 0.29) is 5.91 Å². The van der Waals surface area contributed by atoms with E-state index in [2.05, 4.69) is 27.3 Å². The number of hydrogen-bond donors (Lipinski definition) is 1. The van der Waals surface area contributed by atoms with Crippen LogP contribution in [0.2, 0.25) is 0 Å². The van der Waals surface area contributed by atoms with Crippen LogP contribution < -0.4 is 10.2 Å².